The predicted octanol–water partition coefficient (Wildman–Crippen LogP) is 4.07. The summed E-state index contributed by atoms with van der Waals surface area (Å²) in [5, 5.41) is 2.77. The fraction of sp³-hybridized carbons (Fsp3) is 0.0714. The van der Waals surface area contributed by atoms with E-state index in [-0.39, 0.29) is 12.5 Å². The van der Waals surface area contributed by atoms with Crippen LogP contribution >= 0.6 is 38.5 Å². The van der Waals surface area contributed by atoms with E-state index in [0.717, 1.165) is 13.7 Å². The van der Waals surface area contributed by atoms with Gasteiger partial charge in [0.2, 0.25) is 0 Å². The number of amides is 1. The van der Waals surface area contributed by atoms with Gasteiger partial charge in [-0.25, -0.2) is 0 Å². The van der Waals surface area contributed by atoms with Gasteiger partial charge < -0.3 is 10.1 Å². The van der Waals surface area contributed by atoms with E-state index in [4.69, 9.17) is 4.74 Å². The number of hydrogen-bond donors (Lipinski definition) is 1. The van der Waals surface area contributed by atoms with Crippen molar-refractivity contribution < 1.29 is 9.53 Å². The van der Waals surface area contributed by atoms with Crippen LogP contribution in [0.15, 0.2) is 53.0 Å². The van der Waals surface area contributed by atoms with Gasteiger partial charge in [0.15, 0.2) is 6.61 Å². The Kier molecular flexibility index (Phi) is 5.21. The number of nitrogens with one attached hydrogen (secondary N) is 1. The molecule has 0 aromatic heterocycles. The Balaban J connectivity index is 1.86. The molecule has 1 amide bonds. The van der Waals surface area contributed by atoms with E-state index in [9.17, 15) is 4.79 Å². The Bertz CT molecular complexity index is 572. The Hall–Kier alpha value is -1.08. The number of hydrogen-bond acceptors (Lipinski definition) is 2. The van der Waals surface area contributed by atoms with Crippen molar-refractivity contribution in [2.45, 2.75) is 0 Å². The van der Waals surface area contributed by atoms with Crippen molar-refractivity contribution in [2.24, 2.45) is 0 Å². The molecule has 3 nitrogen and oxygen atoms in total. The maximum absolute atomic E-state index is 11.7. The molecule has 2 aromatic rings. The van der Waals surface area contributed by atoms with Crippen LogP contribution in [0.25, 0.3) is 0 Å². The second-order valence-electron chi connectivity index (χ2n) is 3.80. The minimum atomic E-state index is -0.179. The van der Waals surface area contributed by atoms with Crippen LogP contribution in [-0.4, -0.2) is 12.5 Å². The van der Waals surface area contributed by atoms with Gasteiger partial charge in [0, 0.05) is 13.7 Å². The molecule has 0 atom stereocenters. The monoisotopic (exact) mass is 431 g/mol. The van der Waals surface area contributed by atoms with Crippen LogP contribution < -0.4 is 10.1 Å². The number of rotatable bonds is 4. The average molecular weight is 432 g/mol. The lowest BCUT2D eigenvalue weighted by Crippen LogP contribution is -2.20. The molecule has 0 aliphatic heterocycles. The number of carbonyl (C=O) groups is 1. The highest BCUT2D eigenvalue weighted by molar-refractivity contribution is 14.1. The van der Waals surface area contributed by atoms with Crippen molar-refractivity contribution in [1.29, 1.82) is 0 Å². The molecular formula is C14H11BrINO2. The maximum atomic E-state index is 11.7. The molecule has 0 heterocycles. The summed E-state index contributed by atoms with van der Waals surface area (Å²) >= 11 is 5.54. The van der Waals surface area contributed by atoms with E-state index in [1.54, 1.807) is 0 Å². The lowest BCUT2D eigenvalue weighted by atomic mass is 10.3. The number of benzene rings is 2. The number of anilines is 1. The van der Waals surface area contributed by atoms with Crippen LogP contribution in [0, 0.1) is 3.57 Å². The minimum Gasteiger partial charge on any atom is -0.484 e. The smallest absolute Gasteiger partial charge is 0.262 e. The van der Waals surface area contributed by atoms with Crippen molar-refractivity contribution >= 4 is 50.1 Å². The fourth-order valence-electron chi connectivity index (χ4n) is 1.44. The molecule has 2 aromatic carbocycles. The van der Waals surface area contributed by atoms with E-state index in [0.29, 0.717) is 5.75 Å². The van der Waals surface area contributed by atoms with Crippen molar-refractivity contribution in [3.05, 3.63) is 56.6 Å². The van der Waals surface area contributed by atoms with Gasteiger partial charge in [0.05, 0.1) is 0 Å². The molecule has 0 fully saturated rings. The van der Waals surface area contributed by atoms with E-state index in [1.165, 1.54) is 0 Å². The van der Waals surface area contributed by atoms with Crippen LogP contribution in [0.1, 0.15) is 0 Å². The van der Waals surface area contributed by atoms with Crippen LogP contribution in [0.4, 0.5) is 5.69 Å². The predicted molar refractivity (Wildman–Crippen MR) is 87.4 cm³/mol. The Labute approximate surface area is 133 Å². The summed E-state index contributed by atoms with van der Waals surface area (Å²) in [6, 6.07) is 15.0. The third kappa shape index (κ3) is 4.83. The SMILES string of the molecule is O=C(COc1cccc(I)c1)Nc1ccc(Br)cc1. The zero-order chi connectivity index (χ0) is 13.7. The minimum absolute atomic E-state index is 0.00381. The zero-order valence-corrected chi connectivity index (χ0v) is 13.6. The molecule has 0 spiro atoms. The van der Waals surface area contributed by atoms with Gasteiger partial charge in [-0.1, -0.05) is 22.0 Å². The summed E-state index contributed by atoms with van der Waals surface area (Å²) in [7, 11) is 0. The summed E-state index contributed by atoms with van der Waals surface area (Å²) in [6.45, 7) is -0.00381. The third-order valence-electron chi connectivity index (χ3n) is 2.29. The molecule has 0 saturated heterocycles. The summed E-state index contributed by atoms with van der Waals surface area (Å²) in [4.78, 5) is 11.7. The second-order valence-corrected chi connectivity index (χ2v) is 5.96. The number of halogens is 2. The van der Waals surface area contributed by atoms with Gasteiger partial charge in [-0.15, -0.1) is 0 Å². The summed E-state index contributed by atoms with van der Waals surface area (Å²) in [6.07, 6.45) is 0. The van der Waals surface area contributed by atoms with Crippen LogP contribution in [0.3, 0.4) is 0 Å². The third-order valence-corrected chi connectivity index (χ3v) is 3.49. The highest BCUT2D eigenvalue weighted by Gasteiger charge is 2.03. The van der Waals surface area contributed by atoms with E-state index in [2.05, 4.69) is 43.8 Å². The van der Waals surface area contributed by atoms with Crippen molar-refractivity contribution in [1.82, 2.24) is 0 Å². The topological polar surface area (TPSA) is 38.3 Å². The summed E-state index contributed by atoms with van der Waals surface area (Å²) in [5.41, 5.74) is 0.749. The van der Waals surface area contributed by atoms with Crippen molar-refractivity contribution in [3.63, 3.8) is 0 Å². The first-order valence-corrected chi connectivity index (χ1v) is 7.44. The largest absolute Gasteiger partial charge is 0.484 e. The first-order valence-electron chi connectivity index (χ1n) is 5.57. The van der Waals surface area contributed by atoms with Gasteiger partial charge in [0.25, 0.3) is 5.91 Å². The average Bonchev–Trinajstić information content (AvgIpc) is 2.39. The molecule has 19 heavy (non-hydrogen) atoms. The standard InChI is InChI=1S/C14H11BrINO2/c15-10-4-6-12(7-5-10)17-14(18)9-19-13-3-1-2-11(16)8-13/h1-8H,9H2,(H,17,18). The van der Waals surface area contributed by atoms with E-state index < -0.39 is 0 Å². The molecule has 0 bridgehead atoms. The van der Waals surface area contributed by atoms with Crippen LogP contribution in [0.2, 0.25) is 0 Å². The van der Waals surface area contributed by atoms with Crippen molar-refractivity contribution in [2.75, 3.05) is 11.9 Å². The molecule has 0 unspecified atom stereocenters. The number of carbonyl (C=O) groups excluding carboxylic acids is 1. The lowest BCUT2D eigenvalue weighted by Gasteiger charge is -2.07. The van der Waals surface area contributed by atoms with Crippen molar-refractivity contribution in [3.8, 4) is 5.75 Å². The molecule has 2 rings (SSSR count). The van der Waals surface area contributed by atoms with Crippen LogP contribution in [-0.2, 0) is 4.79 Å². The van der Waals surface area contributed by atoms with Crippen LogP contribution in [0.5, 0.6) is 5.75 Å². The highest BCUT2D eigenvalue weighted by atomic mass is 127. The Morgan fingerprint density at radius 1 is 1.21 bits per heavy atom. The molecule has 5 heteroatoms. The van der Waals surface area contributed by atoms with Gasteiger partial charge in [-0.2, -0.15) is 0 Å². The van der Waals surface area contributed by atoms with Gasteiger partial charge in [0.1, 0.15) is 5.75 Å². The second kappa shape index (κ2) is 6.91. The normalized spacial score (nSPS) is 10.0. The van der Waals surface area contributed by atoms with E-state index >= 15 is 0 Å². The van der Waals surface area contributed by atoms with Gasteiger partial charge in [-0.3, -0.25) is 4.79 Å². The quantitative estimate of drug-likeness (QED) is 0.741. The molecule has 0 radical (unpaired) electrons. The number of ether oxygens (including phenoxy) is 1. The first-order chi connectivity index (χ1) is 9.13. The summed E-state index contributed by atoms with van der Waals surface area (Å²) in [5.74, 6) is 0.513. The van der Waals surface area contributed by atoms with Gasteiger partial charge in [-0.05, 0) is 65.1 Å². The molecular weight excluding hydrogens is 421 g/mol. The van der Waals surface area contributed by atoms with Gasteiger partial charge >= 0.3 is 0 Å². The Morgan fingerprint density at radius 3 is 2.63 bits per heavy atom. The highest BCUT2D eigenvalue weighted by Crippen LogP contribution is 2.16. The molecule has 98 valence electrons. The lowest BCUT2D eigenvalue weighted by molar-refractivity contribution is -0.118. The molecule has 0 saturated carbocycles. The molecule has 0 aliphatic rings. The molecule has 0 aliphatic carbocycles. The van der Waals surface area contributed by atoms with E-state index in [1.807, 2.05) is 48.5 Å². The Morgan fingerprint density at radius 2 is 1.95 bits per heavy atom. The first kappa shape index (κ1) is 14.3. The zero-order valence-electron chi connectivity index (χ0n) is 9.90. The molecule has 1 N–H and O–H groups in total. The maximum Gasteiger partial charge on any atom is 0.262 e. The fourth-order valence-corrected chi connectivity index (χ4v) is 2.21. The summed E-state index contributed by atoms with van der Waals surface area (Å²) < 4.78 is 7.46.